The molecule has 2 rings (SSSR count). The molecule has 0 bridgehead atoms. The van der Waals surface area contributed by atoms with Crippen LogP contribution in [-0.4, -0.2) is 34.5 Å². The lowest BCUT2D eigenvalue weighted by Crippen LogP contribution is -2.60. The smallest absolute Gasteiger partial charge is 0.438 e. The average molecular weight is 330 g/mol. The van der Waals surface area contributed by atoms with Crippen LogP contribution in [0.2, 0.25) is 0 Å². The normalized spacial score (nSPS) is 23.0. The second kappa shape index (κ2) is 6.11. The molecule has 1 saturated heterocycles. The van der Waals surface area contributed by atoms with Gasteiger partial charge in [0, 0.05) is 12.1 Å². The van der Waals surface area contributed by atoms with Gasteiger partial charge < -0.3 is 9.84 Å². The van der Waals surface area contributed by atoms with Gasteiger partial charge in [-0.3, -0.25) is 10.2 Å². The van der Waals surface area contributed by atoms with Gasteiger partial charge in [-0.05, 0) is 25.5 Å². The third-order valence-electron chi connectivity index (χ3n) is 3.56. The van der Waals surface area contributed by atoms with Crippen LogP contribution in [0.15, 0.2) is 36.0 Å². The summed E-state index contributed by atoms with van der Waals surface area (Å²) in [5.41, 5.74) is -0.156. The maximum absolute atomic E-state index is 13.1. The van der Waals surface area contributed by atoms with E-state index in [4.69, 9.17) is 4.74 Å². The summed E-state index contributed by atoms with van der Waals surface area (Å²) in [6, 6.07) is 6.81. The molecule has 5 nitrogen and oxygen atoms in total. The summed E-state index contributed by atoms with van der Waals surface area (Å²) >= 11 is 0. The Hall–Kier alpha value is -2.22. The largest absolute Gasteiger partial charge is 0.483 e. The minimum Gasteiger partial charge on any atom is -0.483 e. The fourth-order valence-corrected chi connectivity index (χ4v) is 2.20. The molecular weight excluding hydrogens is 313 g/mol. The van der Waals surface area contributed by atoms with Crippen LogP contribution in [0.3, 0.4) is 0 Å². The highest BCUT2D eigenvalue weighted by Crippen LogP contribution is 2.40. The first-order valence-corrected chi connectivity index (χ1v) is 6.91. The molecule has 0 aliphatic carbocycles. The first-order chi connectivity index (χ1) is 10.7. The van der Waals surface area contributed by atoms with Crippen molar-refractivity contribution in [2.24, 2.45) is 0 Å². The monoisotopic (exact) mass is 330 g/mol. The number of amides is 1. The molecule has 1 aromatic carbocycles. The van der Waals surface area contributed by atoms with Crippen LogP contribution in [0.4, 0.5) is 13.2 Å². The van der Waals surface area contributed by atoms with Gasteiger partial charge in [0.2, 0.25) is 0 Å². The Morgan fingerprint density at radius 3 is 2.70 bits per heavy atom. The number of hydrogen-bond donors (Lipinski definition) is 2. The standard InChI is InChI=1S/C15H17F3N2O3/c1-3-11-8-14(22,15(16,17)18)20(19-11)13(21)9-23-12-7-5-4-6-10(12)2/h3-7,19,22H,8-9H2,1-2H3. The number of aryl methyl sites for hydroxylation is 1. The summed E-state index contributed by atoms with van der Waals surface area (Å²) in [6.45, 7) is 2.63. The van der Waals surface area contributed by atoms with Crippen LogP contribution in [0, 0.1) is 6.92 Å². The summed E-state index contributed by atoms with van der Waals surface area (Å²) in [6.07, 6.45) is -4.38. The molecule has 23 heavy (non-hydrogen) atoms. The summed E-state index contributed by atoms with van der Waals surface area (Å²) < 4.78 is 44.7. The number of halogens is 3. The van der Waals surface area contributed by atoms with Gasteiger partial charge in [0.05, 0.1) is 0 Å². The molecule has 0 saturated carbocycles. The van der Waals surface area contributed by atoms with Gasteiger partial charge in [-0.15, -0.1) is 0 Å². The second-order valence-electron chi connectivity index (χ2n) is 5.20. The molecule has 0 aromatic heterocycles. The van der Waals surface area contributed by atoms with E-state index in [2.05, 4.69) is 5.43 Å². The molecule has 1 fully saturated rings. The maximum Gasteiger partial charge on any atom is 0.438 e. The number of hydrogen-bond acceptors (Lipinski definition) is 4. The molecule has 1 atom stereocenters. The molecule has 2 N–H and O–H groups in total. The Kier molecular flexibility index (Phi) is 4.56. The zero-order valence-electron chi connectivity index (χ0n) is 12.6. The van der Waals surface area contributed by atoms with Crippen LogP contribution in [-0.2, 0) is 4.79 Å². The highest BCUT2D eigenvalue weighted by Gasteiger charge is 2.63. The van der Waals surface area contributed by atoms with E-state index in [1.807, 2.05) is 0 Å². The predicted octanol–water partition coefficient (Wildman–Crippen LogP) is 2.27. The Morgan fingerprint density at radius 2 is 2.13 bits per heavy atom. The van der Waals surface area contributed by atoms with Crippen LogP contribution in [0.5, 0.6) is 5.75 Å². The Balaban J connectivity index is 2.15. The average Bonchev–Trinajstić information content (AvgIpc) is 2.84. The Labute approximate surface area is 131 Å². The number of ether oxygens (including phenoxy) is 1. The topological polar surface area (TPSA) is 61.8 Å². The number of hydrazine groups is 1. The minimum atomic E-state index is -5.00. The lowest BCUT2D eigenvalue weighted by atomic mass is 10.1. The van der Waals surface area contributed by atoms with Gasteiger partial charge in [0.1, 0.15) is 5.75 Å². The van der Waals surface area contributed by atoms with Gasteiger partial charge in [-0.2, -0.15) is 13.2 Å². The molecule has 1 heterocycles. The second-order valence-corrected chi connectivity index (χ2v) is 5.20. The van der Waals surface area contributed by atoms with Crippen molar-refractivity contribution in [1.29, 1.82) is 0 Å². The van der Waals surface area contributed by atoms with Crippen molar-refractivity contribution >= 4 is 5.91 Å². The van der Waals surface area contributed by atoms with E-state index in [0.717, 1.165) is 5.56 Å². The van der Waals surface area contributed by atoms with Crippen molar-refractivity contribution in [3.8, 4) is 5.75 Å². The molecule has 1 aliphatic rings. The SMILES string of the molecule is CC=C1CC(O)(C(F)(F)F)N(C(=O)COc2ccccc2C)N1. The zero-order chi connectivity index (χ0) is 17.3. The van der Waals surface area contributed by atoms with Gasteiger partial charge in [-0.1, -0.05) is 24.3 Å². The zero-order valence-corrected chi connectivity index (χ0v) is 12.6. The van der Waals surface area contributed by atoms with Crippen LogP contribution in [0.1, 0.15) is 18.9 Å². The molecule has 1 aromatic rings. The highest BCUT2D eigenvalue weighted by atomic mass is 19.4. The summed E-state index contributed by atoms with van der Waals surface area (Å²) in [5.74, 6) is -0.633. The maximum atomic E-state index is 13.1. The van der Waals surface area contributed by atoms with Crippen molar-refractivity contribution in [2.45, 2.75) is 32.2 Å². The lowest BCUT2D eigenvalue weighted by Gasteiger charge is -2.33. The molecule has 1 unspecified atom stereocenters. The van der Waals surface area contributed by atoms with Gasteiger partial charge >= 0.3 is 6.18 Å². The number of aliphatic hydroxyl groups is 1. The highest BCUT2D eigenvalue weighted by molar-refractivity contribution is 5.78. The number of allylic oxidation sites excluding steroid dienone is 1. The third kappa shape index (κ3) is 3.26. The van der Waals surface area contributed by atoms with E-state index in [-0.39, 0.29) is 10.7 Å². The molecule has 126 valence electrons. The van der Waals surface area contributed by atoms with Crippen LogP contribution in [0.25, 0.3) is 0 Å². The molecule has 0 radical (unpaired) electrons. The molecule has 0 spiro atoms. The number of nitrogens with zero attached hydrogens (tertiary/aromatic N) is 1. The summed E-state index contributed by atoms with van der Waals surface area (Å²) in [7, 11) is 0. The molecule has 1 aliphatic heterocycles. The van der Waals surface area contributed by atoms with E-state index in [1.54, 1.807) is 31.2 Å². The van der Waals surface area contributed by atoms with Crippen molar-refractivity contribution < 1.29 is 27.8 Å². The quantitative estimate of drug-likeness (QED) is 0.892. The number of benzene rings is 1. The van der Waals surface area contributed by atoms with E-state index in [1.165, 1.54) is 13.0 Å². The number of carbonyl (C=O) groups excluding carboxylic acids is 1. The van der Waals surface area contributed by atoms with Gasteiger partial charge in [-0.25, -0.2) is 5.01 Å². The predicted molar refractivity (Wildman–Crippen MR) is 76.0 cm³/mol. The molecular formula is C15H17F3N2O3. The summed E-state index contributed by atoms with van der Waals surface area (Å²) in [5, 5.41) is 10.1. The van der Waals surface area contributed by atoms with E-state index in [9.17, 15) is 23.1 Å². The van der Waals surface area contributed by atoms with Crippen molar-refractivity contribution in [3.63, 3.8) is 0 Å². The van der Waals surface area contributed by atoms with Gasteiger partial charge in [0.15, 0.2) is 6.61 Å². The van der Waals surface area contributed by atoms with Crippen molar-refractivity contribution in [1.82, 2.24) is 10.4 Å². The van der Waals surface area contributed by atoms with Crippen LogP contribution >= 0.6 is 0 Å². The minimum absolute atomic E-state index is 0.106. The number of nitrogens with one attached hydrogen (secondary N) is 1. The number of rotatable bonds is 3. The molecule has 8 heteroatoms. The lowest BCUT2D eigenvalue weighted by molar-refractivity contribution is -0.304. The Bertz CT molecular complexity index is 631. The van der Waals surface area contributed by atoms with Crippen molar-refractivity contribution in [3.05, 3.63) is 41.6 Å². The van der Waals surface area contributed by atoms with Gasteiger partial charge in [0.25, 0.3) is 11.6 Å². The number of carbonyl (C=O) groups is 1. The van der Waals surface area contributed by atoms with E-state index < -0.39 is 30.8 Å². The van der Waals surface area contributed by atoms with E-state index in [0.29, 0.717) is 5.75 Å². The van der Waals surface area contributed by atoms with Crippen LogP contribution < -0.4 is 10.2 Å². The molecule has 1 amide bonds. The fraction of sp³-hybridized carbons (Fsp3) is 0.400. The first-order valence-electron chi connectivity index (χ1n) is 6.91. The number of alkyl halides is 3. The fourth-order valence-electron chi connectivity index (χ4n) is 2.20. The van der Waals surface area contributed by atoms with Crippen molar-refractivity contribution in [2.75, 3.05) is 6.61 Å². The first kappa shape index (κ1) is 17.1. The third-order valence-corrected chi connectivity index (χ3v) is 3.56. The summed E-state index contributed by atoms with van der Waals surface area (Å²) in [4.78, 5) is 12.1. The van der Waals surface area contributed by atoms with E-state index >= 15 is 0 Å². The Morgan fingerprint density at radius 1 is 1.48 bits per heavy atom. The number of para-hydroxylation sites is 1.